The van der Waals surface area contributed by atoms with Gasteiger partial charge < -0.3 is 5.73 Å². The van der Waals surface area contributed by atoms with Gasteiger partial charge in [0.2, 0.25) is 5.91 Å². The van der Waals surface area contributed by atoms with Gasteiger partial charge in [-0.05, 0) is 62.1 Å². The van der Waals surface area contributed by atoms with Crippen molar-refractivity contribution < 1.29 is 26.4 Å². The smallest absolute Gasteiger partial charge is 0.330 e. The lowest BCUT2D eigenvalue weighted by atomic mass is 9.94. The number of aromatic nitrogens is 2. The van der Waals surface area contributed by atoms with Crippen molar-refractivity contribution in [2.45, 2.75) is 44.7 Å². The molecule has 1 atom stereocenters. The summed E-state index contributed by atoms with van der Waals surface area (Å²) in [5.74, 6) is -0.510. The second kappa shape index (κ2) is 12.1. The Bertz CT molecular complexity index is 1310. The van der Waals surface area contributed by atoms with Crippen molar-refractivity contribution in [2.75, 3.05) is 6.54 Å². The zero-order valence-corrected chi connectivity index (χ0v) is 22.3. The van der Waals surface area contributed by atoms with Crippen LogP contribution in [0, 0.1) is 18.8 Å². The number of sulfonamides is 1. The highest BCUT2D eigenvalue weighted by Crippen LogP contribution is 2.33. The highest BCUT2D eigenvalue weighted by atomic mass is 35.5. The predicted octanol–water partition coefficient (Wildman–Crippen LogP) is 5.10. The number of hydrogen-bond donors (Lipinski definition) is 2. The van der Waals surface area contributed by atoms with E-state index < -0.39 is 27.8 Å². The third kappa shape index (κ3) is 7.80. The minimum Gasteiger partial charge on any atom is -0.330 e. The molecular formula is C25H30ClF3N4O3S. The van der Waals surface area contributed by atoms with Gasteiger partial charge in [0, 0.05) is 12.0 Å². The molecular weight excluding hydrogens is 529 g/mol. The first-order valence-corrected chi connectivity index (χ1v) is 12.9. The van der Waals surface area contributed by atoms with Crippen LogP contribution in [0.4, 0.5) is 13.2 Å². The lowest BCUT2D eigenvalue weighted by Gasteiger charge is -2.16. The number of carbonyl (C=O) groups excluding carboxylic acids is 1. The number of benzene rings is 2. The quantitative estimate of drug-likeness (QED) is 0.380. The molecule has 3 N–H and O–H groups in total. The molecule has 1 aromatic heterocycles. The largest absolute Gasteiger partial charge is 0.435 e. The number of hydrogen-bond acceptors (Lipinski definition) is 5. The van der Waals surface area contributed by atoms with E-state index in [0.717, 1.165) is 16.3 Å². The zero-order chi connectivity index (χ0) is 26.7. The van der Waals surface area contributed by atoms with Crippen LogP contribution in [0.5, 0.6) is 0 Å². The van der Waals surface area contributed by atoms with E-state index in [9.17, 15) is 26.4 Å². The maximum absolute atomic E-state index is 13.4. The lowest BCUT2D eigenvalue weighted by molar-refractivity contribution is -0.141. The molecule has 0 spiro atoms. The third-order valence-electron chi connectivity index (χ3n) is 5.60. The minimum atomic E-state index is -4.66. The maximum Gasteiger partial charge on any atom is 0.435 e. The van der Waals surface area contributed by atoms with Gasteiger partial charge in [-0.15, -0.1) is 12.4 Å². The van der Waals surface area contributed by atoms with Gasteiger partial charge in [-0.25, -0.2) is 17.8 Å². The molecule has 1 amide bonds. The van der Waals surface area contributed by atoms with E-state index in [1.807, 2.05) is 25.5 Å². The summed E-state index contributed by atoms with van der Waals surface area (Å²) in [6.07, 6.45) is -4.00. The number of amides is 1. The van der Waals surface area contributed by atoms with E-state index in [1.54, 1.807) is 24.3 Å². The summed E-state index contributed by atoms with van der Waals surface area (Å²) >= 11 is 0. The van der Waals surface area contributed by atoms with Gasteiger partial charge in [0.15, 0.2) is 5.69 Å². The lowest BCUT2D eigenvalue weighted by Crippen LogP contribution is -2.33. The summed E-state index contributed by atoms with van der Waals surface area (Å²) in [5.41, 5.74) is 6.51. The number of halogens is 4. The van der Waals surface area contributed by atoms with Crippen molar-refractivity contribution in [1.82, 2.24) is 14.5 Å². The first-order valence-electron chi connectivity index (χ1n) is 11.4. The molecule has 0 saturated heterocycles. The van der Waals surface area contributed by atoms with E-state index in [4.69, 9.17) is 5.73 Å². The Morgan fingerprint density at radius 2 is 1.68 bits per heavy atom. The van der Waals surface area contributed by atoms with E-state index in [0.29, 0.717) is 17.9 Å². The van der Waals surface area contributed by atoms with Crippen molar-refractivity contribution in [2.24, 2.45) is 17.6 Å². The van der Waals surface area contributed by atoms with Crippen LogP contribution in [0.2, 0.25) is 0 Å². The number of aryl methyl sites for hydroxylation is 1. The van der Waals surface area contributed by atoms with Gasteiger partial charge in [0.1, 0.15) is 0 Å². The molecule has 3 rings (SSSR count). The summed E-state index contributed by atoms with van der Waals surface area (Å²) in [4.78, 5) is 12.1. The fourth-order valence-electron chi connectivity index (χ4n) is 3.86. The number of nitrogens with zero attached hydrogens (tertiary/aromatic N) is 2. The minimum absolute atomic E-state index is 0. The Labute approximate surface area is 220 Å². The Balaban J connectivity index is 0.00000481. The number of carbonyl (C=O) groups is 1. The summed E-state index contributed by atoms with van der Waals surface area (Å²) in [7, 11) is -4.18. The number of alkyl halides is 3. The van der Waals surface area contributed by atoms with Crippen LogP contribution in [0.3, 0.4) is 0 Å². The average molecular weight is 559 g/mol. The van der Waals surface area contributed by atoms with E-state index >= 15 is 0 Å². The van der Waals surface area contributed by atoms with Gasteiger partial charge in [-0.3, -0.25) is 4.79 Å². The van der Waals surface area contributed by atoms with Crippen molar-refractivity contribution in [3.63, 3.8) is 0 Å². The molecule has 1 heterocycles. The van der Waals surface area contributed by atoms with Gasteiger partial charge in [-0.1, -0.05) is 43.7 Å². The Morgan fingerprint density at radius 3 is 2.19 bits per heavy atom. The van der Waals surface area contributed by atoms with E-state index in [1.165, 1.54) is 24.3 Å². The molecule has 0 radical (unpaired) electrons. The van der Waals surface area contributed by atoms with E-state index in [2.05, 4.69) is 5.10 Å². The van der Waals surface area contributed by atoms with Crippen molar-refractivity contribution in [3.8, 4) is 16.9 Å². The molecule has 0 fully saturated rings. The molecule has 0 aliphatic rings. The Morgan fingerprint density at radius 1 is 1.08 bits per heavy atom. The first-order chi connectivity index (χ1) is 16.8. The molecule has 37 heavy (non-hydrogen) atoms. The molecule has 0 unspecified atom stereocenters. The fourth-order valence-corrected chi connectivity index (χ4v) is 4.85. The van der Waals surface area contributed by atoms with Gasteiger partial charge in [0.05, 0.1) is 16.3 Å². The van der Waals surface area contributed by atoms with Crippen LogP contribution in [0.25, 0.3) is 16.9 Å². The van der Waals surface area contributed by atoms with Crippen LogP contribution in [-0.4, -0.2) is 30.7 Å². The van der Waals surface area contributed by atoms with Crippen LogP contribution < -0.4 is 10.5 Å². The monoisotopic (exact) mass is 558 g/mol. The fraction of sp³-hybridized carbons (Fsp3) is 0.360. The second-order valence-corrected chi connectivity index (χ2v) is 10.8. The first kappa shape index (κ1) is 30.3. The normalized spacial score (nSPS) is 12.8. The average Bonchev–Trinajstić information content (AvgIpc) is 3.24. The summed E-state index contributed by atoms with van der Waals surface area (Å²) < 4.78 is 68.8. The number of rotatable bonds is 9. The second-order valence-electron chi connectivity index (χ2n) is 9.15. The molecule has 12 heteroatoms. The maximum atomic E-state index is 13.4. The van der Waals surface area contributed by atoms with Crippen molar-refractivity contribution in [3.05, 3.63) is 65.9 Å². The van der Waals surface area contributed by atoms with Crippen LogP contribution >= 0.6 is 12.4 Å². The number of nitrogens with one attached hydrogen (secondary N) is 1. The third-order valence-corrected chi connectivity index (χ3v) is 6.99. The van der Waals surface area contributed by atoms with Gasteiger partial charge in [0.25, 0.3) is 10.0 Å². The molecule has 0 aliphatic heterocycles. The van der Waals surface area contributed by atoms with Crippen LogP contribution in [0.1, 0.15) is 37.9 Å². The molecule has 7 nitrogen and oxygen atoms in total. The molecule has 202 valence electrons. The van der Waals surface area contributed by atoms with Gasteiger partial charge in [-0.2, -0.15) is 18.3 Å². The topological polar surface area (TPSA) is 107 Å². The number of nitrogens with two attached hydrogens (primary N) is 1. The highest BCUT2D eigenvalue weighted by molar-refractivity contribution is 7.90. The Kier molecular flexibility index (Phi) is 9.92. The Hall–Kier alpha value is -2.89. The van der Waals surface area contributed by atoms with Gasteiger partial charge >= 0.3 is 6.18 Å². The highest BCUT2D eigenvalue weighted by Gasteiger charge is 2.35. The molecule has 0 aliphatic carbocycles. The summed E-state index contributed by atoms with van der Waals surface area (Å²) in [6.45, 7) is 6.09. The van der Waals surface area contributed by atoms with Crippen LogP contribution in [0.15, 0.2) is 59.5 Å². The van der Waals surface area contributed by atoms with Crippen molar-refractivity contribution >= 4 is 28.3 Å². The summed E-state index contributed by atoms with van der Waals surface area (Å²) in [5, 5.41) is 3.72. The van der Waals surface area contributed by atoms with Crippen molar-refractivity contribution in [1.29, 1.82) is 0 Å². The molecule has 0 saturated carbocycles. The van der Waals surface area contributed by atoms with E-state index in [-0.39, 0.29) is 47.6 Å². The zero-order valence-electron chi connectivity index (χ0n) is 20.6. The standard InChI is InChI=1S/C25H29F3N4O3S.ClH/c1-16(2)12-18(15-29)13-24(33)31-36(34,35)21-10-8-20(9-11-21)32-22(14-23(30-32)25(26,27)28)19-6-4-17(3)5-7-19;/h4-11,14,16,18H,12-13,15,29H2,1-3H3,(H,31,33);1H/t18-;/m0./s1. The summed E-state index contributed by atoms with van der Waals surface area (Å²) in [6, 6.07) is 13.0. The molecule has 0 bridgehead atoms. The molecule has 2 aromatic carbocycles. The molecule has 3 aromatic rings. The predicted molar refractivity (Wildman–Crippen MR) is 138 cm³/mol. The SMILES string of the molecule is Cc1ccc(-c2cc(C(F)(F)F)nn2-c2ccc(S(=O)(=O)NC(=O)C[C@@H](CN)CC(C)C)cc2)cc1.Cl. The van der Waals surface area contributed by atoms with Crippen LogP contribution in [-0.2, 0) is 21.0 Å².